The van der Waals surface area contributed by atoms with Crippen molar-refractivity contribution in [3.63, 3.8) is 0 Å². The molecule has 0 saturated heterocycles. The van der Waals surface area contributed by atoms with E-state index in [4.69, 9.17) is 0 Å². The van der Waals surface area contributed by atoms with Gasteiger partial charge in [-0.1, -0.05) is 13.8 Å². The Hall–Kier alpha value is -1.60. The summed E-state index contributed by atoms with van der Waals surface area (Å²) in [5, 5.41) is 12.6. The maximum Gasteiger partial charge on any atom is 0.144 e. The summed E-state index contributed by atoms with van der Waals surface area (Å²) in [6.07, 6.45) is 0. The number of aromatic nitrogens is 1. The van der Waals surface area contributed by atoms with Gasteiger partial charge in [-0.3, -0.25) is 0 Å². The van der Waals surface area contributed by atoms with E-state index in [2.05, 4.69) is 49.2 Å². The number of nitriles is 1. The van der Waals surface area contributed by atoms with Gasteiger partial charge in [0, 0.05) is 18.8 Å². The molecular formula is C15H24N4. The Morgan fingerprint density at radius 2 is 2.00 bits per heavy atom. The van der Waals surface area contributed by atoms with Gasteiger partial charge in [0.15, 0.2) is 0 Å². The predicted molar refractivity (Wildman–Crippen MR) is 79.3 cm³/mol. The summed E-state index contributed by atoms with van der Waals surface area (Å²) in [6.45, 7) is 10.1. The minimum absolute atomic E-state index is 0.121. The van der Waals surface area contributed by atoms with Crippen molar-refractivity contribution in [2.75, 3.05) is 32.5 Å². The Morgan fingerprint density at radius 1 is 1.37 bits per heavy atom. The fraction of sp³-hybridized carbons (Fsp3) is 0.600. The minimum Gasteiger partial charge on any atom is -0.368 e. The number of nitrogens with one attached hydrogen (secondary N) is 1. The normalized spacial score (nSPS) is 11.5. The summed E-state index contributed by atoms with van der Waals surface area (Å²) in [5.41, 5.74) is 2.67. The van der Waals surface area contributed by atoms with Gasteiger partial charge in [-0.15, -0.1) is 0 Å². The molecule has 0 amide bonds. The number of hydrogen-bond acceptors (Lipinski definition) is 4. The smallest absolute Gasteiger partial charge is 0.144 e. The van der Waals surface area contributed by atoms with E-state index in [0.29, 0.717) is 11.4 Å². The van der Waals surface area contributed by atoms with E-state index in [0.717, 1.165) is 24.3 Å². The molecule has 0 bridgehead atoms. The van der Waals surface area contributed by atoms with E-state index in [1.807, 2.05) is 19.9 Å². The molecule has 4 heteroatoms. The van der Waals surface area contributed by atoms with E-state index < -0.39 is 0 Å². The Bertz CT molecular complexity index is 484. The zero-order valence-corrected chi connectivity index (χ0v) is 12.8. The molecule has 1 rings (SSSR count). The molecule has 0 aromatic carbocycles. The second-order valence-electron chi connectivity index (χ2n) is 6.17. The highest BCUT2D eigenvalue weighted by molar-refractivity contribution is 5.56. The van der Waals surface area contributed by atoms with E-state index in [1.54, 1.807) is 0 Å². The highest BCUT2D eigenvalue weighted by atomic mass is 15.1. The zero-order valence-electron chi connectivity index (χ0n) is 12.8. The zero-order chi connectivity index (χ0) is 14.6. The summed E-state index contributed by atoms with van der Waals surface area (Å²) < 4.78 is 0. The molecule has 0 atom stereocenters. The van der Waals surface area contributed by atoms with E-state index in [1.165, 1.54) is 0 Å². The fourth-order valence-electron chi connectivity index (χ4n) is 2.34. The van der Waals surface area contributed by atoms with Crippen LogP contribution in [0.25, 0.3) is 0 Å². The van der Waals surface area contributed by atoms with Crippen LogP contribution < -0.4 is 5.32 Å². The van der Waals surface area contributed by atoms with Crippen molar-refractivity contribution >= 4 is 5.82 Å². The molecule has 0 saturated carbocycles. The maximum absolute atomic E-state index is 9.23. The van der Waals surface area contributed by atoms with Crippen molar-refractivity contribution in [2.24, 2.45) is 5.41 Å². The van der Waals surface area contributed by atoms with Gasteiger partial charge in [0.2, 0.25) is 0 Å². The SMILES string of the molecule is Cc1cc(C)c(C#N)c(NCC(C)(C)CN(C)C)n1. The van der Waals surface area contributed by atoms with Crippen LogP contribution in [0.4, 0.5) is 5.82 Å². The van der Waals surface area contributed by atoms with Gasteiger partial charge in [-0.05, 0) is 45.0 Å². The second-order valence-corrected chi connectivity index (χ2v) is 6.17. The molecule has 0 aliphatic heterocycles. The summed E-state index contributed by atoms with van der Waals surface area (Å²) in [6, 6.07) is 4.17. The van der Waals surface area contributed by atoms with Crippen LogP contribution in [-0.2, 0) is 0 Å². The molecule has 1 N–H and O–H groups in total. The summed E-state index contributed by atoms with van der Waals surface area (Å²) in [7, 11) is 4.13. The highest BCUT2D eigenvalue weighted by Crippen LogP contribution is 2.21. The van der Waals surface area contributed by atoms with Gasteiger partial charge in [-0.2, -0.15) is 5.26 Å². The third kappa shape index (κ3) is 4.53. The van der Waals surface area contributed by atoms with Crippen molar-refractivity contribution in [1.82, 2.24) is 9.88 Å². The quantitative estimate of drug-likeness (QED) is 0.884. The van der Waals surface area contributed by atoms with Crippen molar-refractivity contribution in [3.8, 4) is 6.07 Å². The fourth-order valence-corrected chi connectivity index (χ4v) is 2.34. The number of hydrogen-bond donors (Lipinski definition) is 1. The number of rotatable bonds is 5. The van der Waals surface area contributed by atoms with Crippen LogP contribution in [0.3, 0.4) is 0 Å². The van der Waals surface area contributed by atoms with Crippen molar-refractivity contribution in [1.29, 1.82) is 5.26 Å². The third-order valence-corrected chi connectivity index (χ3v) is 2.94. The van der Waals surface area contributed by atoms with Crippen LogP contribution in [0.1, 0.15) is 30.7 Å². The molecule has 0 aliphatic carbocycles. The number of anilines is 1. The predicted octanol–water partition coefficient (Wildman–Crippen LogP) is 2.57. The lowest BCUT2D eigenvalue weighted by molar-refractivity contribution is 0.254. The Labute approximate surface area is 116 Å². The van der Waals surface area contributed by atoms with Crippen molar-refractivity contribution < 1.29 is 0 Å². The molecule has 104 valence electrons. The van der Waals surface area contributed by atoms with Gasteiger partial charge >= 0.3 is 0 Å². The molecule has 0 radical (unpaired) electrons. The standard InChI is InChI=1S/C15H24N4/c1-11-7-12(2)18-14(13(11)8-16)17-9-15(3,4)10-19(5)6/h7H,9-10H2,1-6H3,(H,17,18). The number of nitrogens with zero attached hydrogens (tertiary/aromatic N) is 3. The molecule has 1 aromatic heterocycles. The first-order valence-corrected chi connectivity index (χ1v) is 6.52. The van der Waals surface area contributed by atoms with Gasteiger partial charge in [0.25, 0.3) is 0 Å². The third-order valence-electron chi connectivity index (χ3n) is 2.94. The lowest BCUT2D eigenvalue weighted by Crippen LogP contribution is -2.34. The molecule has 0 aliphatic rings. The van der Waals surface area contributed by atoms with Gasteiger partial charge < -0.3 is 10.2 Å². The first-order chi connectivity index (χ1) is 8.75. The van der Waals surface area contributed by atoms with Crippen LogP contribution in [0.2, 0.25) is 0 Å². The van der Waals surface area contributed by atoms with E-state index in [9.17, 15) is 5.26 Å². The average molecular weight is 260 g/mol. The molecule has 1 aromatic rings. The Morgan fingerprint density at radius 3 is 2.53 bits per heavy atom. The first kappa shape index (κ1) is 15.5. The van der Waals surface area contributed by atoms with Crippen LogP contribution in [0.5, 0.6) is 0 Å². The average Bonchev–Trinajstić information content (AvgIpc) is 2.24. The van der Waals surface area contributed by atoms with Gasteiger partial charge in [0.1, 0.15) is 11.9 Å². The van der Waals surface area contributed by atoms with E-state index >= 15 is 0 Å². The monoisotopic (exact) mass is 260 g/mol. The van der Waals surface area contributed by atoms with Crippen LogP contribution in [0, 0.1) is 30.6 Å². The molecule has 4 nitrogen and oxygen atoms in total. The largest absolute Gasteiger partial charge is 0.368 e. The van der Waals surface area contributed by atoms with Gasteiger partial charge in [0.05, 0.1) is 5.56 Å². The van der Waals surface area contributed by atoms with Gasteiger partial charge in [-0.25, -0.2) is 4.98 Å². The molecule has 1 heterocycles. The molecule has 0 fully saturated rings. The van der Waals surface area contributed by atoms with Crippen LogP contribution in [-0.4, -0.2) is 37.1 Å². The molecule has 0 unspecified atom stereocenters. The number of aryl methyl sites for hydroxylation is 2. The summed E-state index contributed by atoms with van der Waals surface area (Å²) in [5.74, 6) is 0.701. The van der Waals surface area contributed by atoms with Crippen LogP contribution >= 0.6 is 0 Å². The molecule has 19 heavy (non-hydrogen) atoms. The highest BCUT2D eigenvalue weighted by Gasteiger charge is 2.20. The summed E-state index contributed by atoms with van der Waals surface area (Å²) >= 11 is 0. The summed E-state index contributed by atoms with van der Waals surface area (Å²) in [4.78, 5) is 6.61. The first-order valence-electron chi connectivity index (χ1n) is 6.52. The van der Waals surface area contributed by atoms with Crippen LogP contribution in [0.15, 0.2) is 6.07 Å². The second kappa shape index (κ2) is 6.03. The van der Waals surface area contributed by atoms with Crippen molar-refractivity contribution in [2.45, 2.75) is 27.7 Å². The Kier molecular flexibility index (Phi) is 4.90. The molecular weight excluding hydrogens is 236 g/mol. The molecule has 0 spiro atoms. The number of pyridine rings is 1. The maximum atomic E-state index is 9.23. The topological polar surface area (TPSA) is 52.0 Å². The minimum atomic E-state index is 0.121. The lowest BCUT2D eigenvalue weighted by Gasteiger charge is -2.29. The lowest BCUT2D eigenvalue weighted by atomic mass is 9.93. The van der Waals surface area contributed by atoms with Crippen molar-refractivity contribution in [3.05, 3.63) is 22.9 Å². The van der Waals surface area contributed by atoms with E-state index in [-0.39, 0.29) is 5.41 Å². The Balaban J connectivity index is 2.86.